The smallest absolute Gasteiger partial charge is 0.238 e. The van der Waals surface area contributed by atoms with Crippen molar-refractivity contribution in [3.8, 4) is 0 Å². The lowest BCUT2D eigenvalue weighted by molar-refractivity contribution is -0.118. The summed E-state index contributed by atoms with van der Waals surface area (Å²) in [6.45, 7) is 4.73. The highest BCUT2D eigenvalue weighted by atomic mass is 16.2. The van der Waals surface area contributed by atoms with Gasteiger partial charge >= 0.3 is 0 Å². The highest BCUT2D eigenvalue weighted by molar-refractivity contribution is 5.96. The molecule has 136 valence electrons. The number of hydrogen-bond donors (Lipinski definition) is 1. The molecule has 1 N–H and O–H groups in total. The Morgan fingerprint density at radius 3 is 2.46 bits per heavy atom. The van der Waals surface area contributed by atoms with Crippen LogP contribution in [0.4, 0.5) is 11.4 Å². The van der Waals surface area contributed by atoms with Gasteiger partial charge in [-0.05, 0) is 42.8 Å². The molecule has 0 bridgehead atoms. The maximum atomic E-state index is 12.3. The predicted molar refractivity (Wildman–Crippen MR) is 104 cm³/mol. The number of amides is 2. The Morgan fingerprint density at radius 1 is 1.12 bits per heavy atom. The van der Waals surface area contributed by atoms with Gasteiger partial charge in [-0.25, -0.2) is 0 Å². The number of rotatable bonds is 7. The van der Waals surface area contributed by atoms with E-state index in [-0.39, 0.29) is 11.8 Å². The highest BCUT2D eigenvalue weighted by Crippen LogP contribution is 2.23. The Morgan fingerprint density at radius 2 is 1.85 bits per heavy atom. The van der Waals surface area contributed by atoms with Crippen LogP contribution in [0, 0.1) is 0 Å². The number of likely N-dealkylation sites (N-methyl/N-ethyl adjacent to an activating group) is 1. The lowest BCUT2D eigenvalue weighted by atomic mass is 10.2. The normalized spacial score (nSPS) is 14.1. The fourth-order valence-corrected chi connectivity index (χ4v) is 3.17. The fourth-order valence-electron chi connectivity index (χ4n) is 3.17. The average Bonchev–Trinajstić information content (AvgIpc) is 3.08. The van der Waals surface area contributed by atoms with Crippen molar-refractivity contribution < 1.29 is 9.59 Å². The van der Waals surface area contributed by atoms with Gasteiger partial charge in [0.15, 0.2) is 0 Å². The van der Waals surface area contributed by atoms with Gasteiger partial charge in [-0.15, -0.1) is 0 Å². The van der Waals surface area contributed by atoms with Crippen molar-refractivity contribution in [1.82, 2.24) is 4.90 Å². The number of benzene rings is 2. The van der Waals surface area contributed by atoms with Gasteiger partial charge < -0.3 is 10.2 Å². The van der Waals surface area contributed by atoms with Crippen LogP contribution in [0.25, 0.3) is 0 Å². The van der Waals surface area contributed by atoms with Crippen molar-refractivity contribution in [2.75, 3.05) is 29.9 Å². The number of carbonyl (C=O) groups is 2. The Balaban J connectivity index is 1.54. The zero-order valence-corrected chi connectivity index (χ0v) is 15.1. The topological polar surface area (TPSA) is 52.7 Å². The first-order valence-electron chi connectivity index (χ1n) is 9.12. The molecule has 2 aromatic carbocycles. The van der Waals surface area contributed by atoms with Gasteiger partial charge in [-0.3, -0.25) is 14.5 Å². The second-order valence-corrected chi connectivity index (χ2v) is 6.53. The van der Waals surface area contributed by atoms with E-state index >= 15 is 0 Å². The fraction of sp³-hybridized carbons (Fsp3) is 0.333. The summed E-state index contributed by atoms with van der Waals surface area (Å²) in [7, 11) is 0. The van der Waals surface area contributed by atoms with Crippen LogP contribution in [0.2, 0.25) is 0 Å². The molecule has 0 saturated carbocycles. The van der Waals surface area contributed by atoms with E-state index in [9.17, 15) is 9.59 Å². The van der Waals surface area contributed by atoms with E-state index in [1.54, 1.807) is 4.90 Å². The Labute approximate surface area is 154 Å². The van der Waals surface area contributed by atoms with Crippen LogP contribution >= 0.6 is 0 Å². The van der Waals surface area contributed by atoms with E-state index in [1.807, 2.05) is 42.5 Å². The molecule has 0 atom stereocenters. The van der Waals surface area contributed by atoms with E-state index in [1.165, 1.54) is 5.56 Å². The summed E-state index contributed by atoms with van der Waals surface area (Å²) >= 11 is 0. The minimum atomic E-state index is -0.0345. The number of nitrogens with zero attached hydrogens (tertiary/aromatic N) is 2. The zero-order valence-electron chi connectivity index (χ0n) is 15.1. The summed E-state index contributed by atoms with van der Waals surface area (Å²) in [5, 5.41) is 2.94. The molecular formula is C21H25N3O2. The van der Waals surface area contributed by atoms with E-state index in [4.69, 9.17) is 0 Å². The molecule has 1 fully saturated rings. The second-order valence-electron chi connectivity index (χ2n) is 6.53. The van der Waals surface area contributed by atoms with Crippen molar-refractivity contribution in [2.45, 2.75) is 26.3 Å². The van der Waals surface area contributed by atoms with Crippen LogP contribution in [-0.2, 0) is 16.1 Å². The lowest BCUT2D eigenvalue weighted by Gasteiger charge is -2.20. The molecular weight excluding hydrogens is 326 g/mol. The summed E-state index contributed by atoms with van der Waals surface area (Å²) in [5.74, 6) is 0.133. The molecule has 1 saturated heterocycles. The van der Waals surface area contributed by atoms with Crippen molar-refractivity contribution in [3.05, 3.63) is 60.2 Å². The van der Waals surface area contributed by atoms with Crippen LogP contribution in [0.15, 0.2) is 54.6 Å². The highest BCUT2D eigenvalue weighted by Gasteiger charge is 2.21. The molecule has 1 heterocycles. The Hall–Kier alpha value is -2.66. The molecule has 0 unspecified atom stereocenters. The van der Waals surface area contributed by atoms with E-state index in [0.29, 0.717) is 13.0 Å². The SMILES string of the molecule is CCN(CC(=O)Nc1ccc(N2CCCC2=O)cc1)Cc1ccccc1. The first-order valence-corrected chi connectivity index (χ1v) is 9.12. The third kappa shape index (κ3) is 4.70. The molecule has 3 rings (SSSR count). The third-order valence-electron chi connectivity index (χ3n) is 4.60. The van der Waals surface area contributed by atoms with Crippen molar-refractivity contribution in [1.29, 1.82) is 0 Å². The van der Waals surface area contributed by atoms with E-state index in [2.05, 4.69) is 29.3 Å². The number of nitrogens with one attached hydrogen (secondary N) is 1. The second kappa shape index (κ2) is 8.63. The summed E-state index contributed by atoms with van der Waals surface area (Å²) in [5.41, 5.74) is 2.84. The van der Waals surface area contributed by atoms with Gasteiger partial charge in [0.1, 0.15) is 0 Å². The van der Waals surface area contributed by atoms with Crippen LogP contribution in [0.1, 0.15) is 25.3 Å². The first-order chi connectivity index (χ1) is 12.7. The number of anilines is 2. The largest absolute Gasteiger partial charge is 0.325 e. The van der Waals surface area contributed by atoms with Crippen LogP contribution in [0.5, 0.6) is 0 Å². The molecule has 1 aliphatic rings. The molecule has 0 aliphatic carbocycles. The predicted octanol–water partition coefficient (Wildman–Crippen LogP) is 3.27. The third-order valence-corrected chi connectivity index (χ3v) is 4.60. The van der Waals surface area contributed by atoms with Gasteiger partial charge in [0.2, 0.25) is 11.8 Å². The molecule has 2 amide bonds. The standard InChI is InChI=1S/C21H25N3O2/c1-2-23(15-17-7-4-3-5-8-17)16-20(25)22-18-10-12-19(13-11-18)24-14-6-9-21(24)26/h3-5,7-8,10-13H,2,6,9,14-16H2,1H3,(H,22,25). The van der Waals surface area contributed by atoms with Gasteiger partial charge in [0.05, 0.1) is 6.54 Å². The molecule has 0 aromatic heterocycles. The summed E-state index contributed by atoms with van der Waals surface area (Å²) in [6.07, 6.45) is 1.53. The molecule has 5 heteroatoms. The van der Waals surface area contributed by atoms with Crippen LogP contribution in [0.3, 0.4) is 0 Å². The van der Waals surface area contributed by atoms with E-state index in [0.717, 1.165) is 37.4 Å². The molecule has 0 radical (unpaired) electrons. The summed E-state index contributed by atoms with van der Waals surface area (Å²) in [4.78, 5) is 28.0. The zero-order chi connectivity index (χ0) is 18.4. The van der Waals surface area contributed by atoms with Crippen molar-refractivity contribution >= 4 is 23.2 Å². The monoisotopic (exact) mass is 351 g/mol. The van der Waals surface area contributed by atoms with Gasteiger partial charge in [-0.1, -0.05) is 37.3 Å². The molecule has 26 heavy (non-hydrogen) atoms. The Bertz CT molecular complexity index is 744. The maximum Gasteiger partial charge on any atom is 0.238 e. The minimum absolute atomic E-state index is 0.0345. The molecule has 0 spiro atoms. The molecule has 5 nitrogen and oxygen atoms in total. The summed E-state index contributed by atoms with van der Waals surface area (Å²) < 4.78 is 0. The van der Waals surface area contributed by atoms with Gasteiger partial charge in [0, 0.05) is 30.9 Å². The number of carbonyl (C=O) groups excluding carboxylic acids is 2. The molecule has 2 aromatic rings. The number of hydrogen-bond acceptors (Lipinski definition) is 3. The van der Waals surface area contributed by atoms with Crippen molar-refractivity contribution in [2.24, 2.45) is 0 Å². The van der Waals surface area contributed by atoms with Crippen LogP contribution < -0.4 is 10.2 Å². The average molecular weight is 351 g/mol. The minimum Gasteiger partial charge on any atom is -0.325 e. The Kier molecular flexibility index (Phi) is 6.02. The maximum absolute atomic E-state index is 12.3. The van der Waals surface area contributed by atoms with Gasteiger partial charge in [0.25, 0.3) is 0 Å². The molecule has 1 aliphatic heterocycles. The van der Waals surface area contributed by atoms with Gasteiger partial charge in [-0.2, -0.15) is 0 Å². The first kappa shape index (κ1) is 18.1. The lowest BCUT2D eigenvalue weighted by Crippen LogP contribution is -2.32. The summed E-state index contributed by atoms with van der Waals surface area (Å²) in [6, 6.07) is 17.6. The van der Waals surface area contributed by atoms with E-state index < -0.39 is 0 Å². The van der Waals surface area contributed by atoms with Crippen LogP contribution in [-0.4, -0.2) is 36.3 Å². The quantitative estimate of drug-likeness (QED) is 0.833. The van der Waals surface area contributed by atoms with Crippen molar-refractivity contribution in [3.63, 3.8) is 0 Å².